The van der Waals surface area contributed by atoms with Crippen molar-refractivity contribution in [3.05, 3.63) is 67.6 Å². The molecule has 2 bridgehead atoms. The molecule has 6 rings (SSSR count). The molecule has 0 radical (unpaired) electrons. The lowest BCUT2D eigenvalue weighted by atomic mass is 9.79. The molecule has 0 amide bonds. The third-order valence-corrected chi connectivity index (χ3v) is 7.16. The van der Waals surface area contributed by atoms with Gasteiger partial charge in [-0.2, -0.15) is 0 Å². The first kappa shape index (κ1) is 15.6. The van der Waals surface area contributed by atoms with Crippen LogP contribution in [-0.4, -0.2) is 17.5 Å². The SMILES string of the molecule is C[C@@H]1[C@H]2c3cc(Br)ccc3C[C@@H](c3ccc(Br)cc32)N1CC1CC1. The van der Waals surface area contributed by atoms with Crippen LogP contribution in [0.25, 0.3) is 0 Å². The summed E-state index contributed by atoms with van der Waals surface area (Å²) in [6, 6.07) is 15.0. The van der Waals surface area contributed by atoms with Crippen molar-refractivity contribution < 1.29 is 0 Å². The minimum atomic E-state index is 0.475. The zero-order valence-electron chi connectivity index (χ0n) is 13.8. The van der Waals surface area contributed by atoms with Gasteiger partial charge in [-0.05, 0) is 78.6 Å². The fraction of sp³-hybridized carbons (Fsp3) is 0.429. The van der Waals surface area contributed by atoms with Crippen LogP contribution in [0.3, 0.4) is 0 Å². The molecular formula is C21H21Br2N. The molecule has 24 heavy (non-hydrogen) atoms. The average molecular weight is 447 g/mol. The van der Waals surface area contributed by atoms with Crippen molar-refractivity contribution in [2.45, 2.75) is 44.2 Å². The Bertz CT molecular complexity index is 811. The van der Waals surface area contributed by atoms with Gasteiger partial charge in [0, 0.05) is 33.5 Å². The van der Waals surface area contributed by atoms with E-state index in [0.717, 1.165) is 12.3 Å². The lowest BCUT2D eigenvalue weighted by Gasteiger charge is -2.44. The fourth-order valence-electron chi connectivity index (χ4n) is 4.83. The standard InChI is InChI=1S/C21H21Br2N/c1-12-21-18-9-15(22)5-4-14(18)8-20(24(12)11-13-2-3-13)17-7-6-16(23)10-19(17)21/h4-7,9-10,12-13,20-21H,2-3,8,11H2,1H3/t12-,20+,21+/m1/s1. The smallest absolute Gasteiger partial charge is 0.0394 e. The topological polar surface area (TPSA) is 3.24 Å². The van der Waals surface area contributed by atoms with Gasteiger partial charge in [0.05, 0.1) is 0 Å². The molecular weight excluding hydrogens is 426 g/mol. The van der Waals surface area contributed by atoms with Crippen LogP contribution in [0.15, 0.2) is 45.3 Å². The number of rotatable bonds is 2. The molecule has 0 unspecified atom stereocenters. The number of benzene rings is 2. The van der Waals surface area contributed by atoms with Crippen LogP contribution < -0.4 is 0 Å². The van der Waals surface area contributed by atoms with Gasteiger partial charge >= 0.3 is 0 Å². The lowest BCUT2D eigenvalue weighted by Crippen LogP contribution is -2.44. The summed E-state index contributed by atoms with van der Waals surface area (Å²) >= 11 is 7.41. The fourth-order valence-corrected chi connectivity index (χ4v) is 5.59. The molecule has 1 nitrogen and oxygen atoms in total. The van der Waals surface area contributed by atoms with Crippen LogP contribution >= 0.6 is 31.9 Å². The molecule has 1 fully saturated rings. The molecule has 2 aliphatic heterocycles. The minimum Gasteiger partial charge on any atom is -0.292 e. The minimum absolute atomic E-state index is 0.475. The maximum atomic E-state index is 3.70. The van der Waals surface area contributed by atoms with Crippen LogP contribution in [0.1, 0.15) is 54.0 Å². The molecule has 2 aliphatic carbocycles. The number of fused-ring (bicyclic) bond motifs is 1. The van der Waals surface area contributed by atoms with Gasteiger partial charge in [0.1, 0.15) is 0 Å². The van der Waals surface area contributed by atoms with Crippen LogP contribution in [-0.2, 0) is 6.42 Å². The number of halogens is 2. The monoisotopic (exact) mass is 445 g/mol. The largest absolute Gasteiger partial charge is 0.292 e. The highest BCUT2D eigenvalue weighted by Crippen LogP contribution is 2.51. The van der Waals surface area contributed by atoms with Crippen LogP contribution in [0.2, 0.25) is 0 Å². The molecule has 1 saturated carbocycles. The molecule has 124 valence electrons. The van der Waals surface area contributed by atoms with Gasteiger partial charge in [-0.15, -0.1) is 0 Å². The maximum Gasteiger partial charge on any atom is 0.0394 e. The van der Waals surface area contributed by atoms with E-state index in [4.69, 9.17) is 0 Å². The molecule has 0 saturated heterocycles. The molecule has 2 aromatic carbocycles. The third kappa shape index (κ3) is 2.43. The van der Waals surface area contributed by atoms with Crippen LogP contribution in [0, 0.1) is 5.92 Å². The van der Waals surface area contributed by atoms with Gasteiger partial charge in [0.2, 0.25) is 0 Å². The number of hydrogen-bond donors (Lipinski definition) is 0. The summed E-state index contributed by atoms with van der Waals surface area (Å²) < 4.78 is 2.40. The highest BCUT2D eigenvalue weighted by atomic mass is 79.9. The average Bonchev–Trinajstić information content (AvgIpc) is 3.37. The quantitative estimate of drug-likeness (QED) is 0.542. The molecule has 0 spiro atoms. The highest BCUT2D eigenvalue weighted by Gasteiger charge is 2.44. The maximum absolute atomic E-state index is 3.70. The summed E-state index contributed by atoms with van der Waals surface area (Å²) in [6.45, 7) is 3.72. The Morgan fingerprint density at radius 2 is 1.67 bits per heavy atom. The van der Waals surface area contributed by atoms with E-state index >= 15 is 0 Å². The van der Waals surface area contributed by atoms with E-state index < -0.39 is 0 Å². The number of nitrogens with zero attached hydrogens (tertiary/aromatic N) is 1. The van der Waals surface area contributed by atoms with Gasteiger partial charge in [-0.3, -0.25) is 4.90 Å². The summed E-state index contributed by atoms with van der Waals surface area (Å²) in [5, 5.41) is 0. The second-order valence-corrected chi connectivity index (χ2v) is 9.53. The molecule has 0 aromatic heterocycles. The Morgan fingerprint density at radius 1 is 0.958 bits per heavy atom. The number of hydrogen-bond acceptors (Lipinski definition) is 1. The lowest BCUT2D eigenvalue weighted by molar-refractivity contribution is 0.115. The first-order chi connectivity index (χ1) is 11.6. The second kappa shape index (κ2) is 5.69. The molecule has 0 N–H and O–H groups in total. The second-order valence-electron chi connectivity index (χ2n) is 7.69. The zero-order chi connectivity index (χ0) is 16.4. The van der Waals surface area contributed by atoms with Gasteiger partial charge < -0.3 is 0 Å². The van der Waals surface area contributed by atoms with Crippen molar-refractivity contribution in [3.8, 4) is 0 Å². The predicted octanol–water partition coefficient (Wildman–Crippen LogP) is 6.05. The predicted molar refractivity (Wildman–Crippen MR) is 105 cm³/mol. The van der Waals surface area contributed by atoms with Crippen molar-refractivity contribution in [1.82, 2.24) is 4.90 Å². The molecule has 3 atom stereocenters. The van der Waals surface area contributed by atoms with Gasteiger partial charge in [-0.1, -0.05) is 44.0 Å². The molecule has 3 heteroatoms. The van der Waals surface area contributed by atoms with E-state index in [1.165, 1.54) is 45.0 Å². The van der Waals surface area contributed by atoms with E-state index in [1.807, 2.05) is 0 Å². The van der Waals surface area contributed by atoms with Gasteiger partial charge in [-0.25, -0.2) is 0 Å². The first-order valence-corrected chi connectivity index (χ1v) is 10.5. The Balaban J connectivity index is 1.72. The van der Waals surface area contributed by atoms with Crippen molar-refractivity contribution >= 4 is 31.9 Å². The third-order valence-electron chi connectivity index (χ3n) is 6.17. The van der Waals surface area contributed by atoms with Crippen molar-refractivity contribution in [1.29, 1.82) is 0 Å². The zero-order valence-corrected chi connectivity index (χ0v) is 17.0. The van der Waals surface area contributed by atoms with E-state index in [9.17, 15) is 0 Å². The summed E-state index contributed by atoms with van der Waals surface area (Å²) in [5.41, 5.74) is 6.14. The van der Waals surface area contributed by atoms with E-state index in [2.05, 4.69) is 80.1 Å². The van der Waals surface area contributed by atoms with E-state index in [-0.39, 0.29) is 0 Å². The summed E-state index contributed by atoms with van der Waals surface area (Å²) in [6.07, 6.45) is 3.99. The Morgan fingerprint density at radius 3 is 2.42 bits per heavy atom. The molecule has 4 aliphatic rings. The summed E-state index contributed by atoms with van der Waals surface area (Å²) in [5.74, 6) is 1.41. The van der Waals surface area contributed by atoms with Gasteiger partial charge in [0.15, 0.2) is 0 Å². The Labute approximate surface area is 160 Å². The first-order valence-electron chi connectivity index (χ1n) is 8.95. The normalized spacial score (nSPS) is 28.4. The van der Waals surface area contributed by atoms with E-state index in [0.29, 0.717) is 18.0 Å². The Kier molecular flexibility index (Phi) is 3.70. The summed E-state index contributed by atoms with van der Waals surface area (Å²) in [7, 11) is 0. The summed E-state index contributed by atoms with van der Waals surface area (Å²) in [4.78, 5) is 2.81. The molecule has 2 heterocycles. The van der Waals surface area contributed by atoms with Crippen molar-refractivity contribution in [2.75, 3.05) is 6.54 Å². The van der Waals surface area contributed by atoms with Crippen LogP contribution in [0.4, 0.5) is 0 Å². The van der Waals surface area contributed by atoms with Crippen LogP contribution in [0.5, 0.6) is 0 Å². The van der Waals surface area contributed by atoms with E-state index in [1.54, 1.807) is 5.56 Å². The van der Waals surface area contributed by atoms with Crippen molar-refractivity contribution in [3.63, 3.8) is 0 Å². The van der Waals surface area contributed by atoms with Gasteiger partial charge in [0.25, 0.3) is 0 Å². The van der Waals surface area contributed by atoms with Crippen molar-refractivity contribution in [2.24, 2.45) is 5.92 Å². The molecule has 2 aromatic rings. The highest BCUT2D eigenvalue weighted by molar-refractivity contribution is 9.10. The Hall–Kier alpha value is -0.640.